The molecule has 0 saturated carbocycles. The quantitative estimate of drug-likeness (QED) is 0.756. The zero-order valence-electron chi connectivity index (χ0n) is 11.4. The molecule has 0 radical (unpaired) electrons. The monoisotopic (exact) mass is 300 g/mol. The van der Waals surface area contributed by atoms with Gasteiger partial charge in [0.1, 0.15) is 12.4 Å². The van der Waals surface area contributed by atoms with E-state index in [0.717, 1.165) is 0 Å². The summed E-state index contributed by atoms with van der Waals surface area (Å²) in [6.07, 6.45) is 0.621. The van der Waals surface area contributed by atoms with Crippen molar-refractivity contribution in [3.63, 3.8) is 0 Å². The van der Waals surface area contributed by atoms with Crippen molar-refractivity contribution < 1.29 is 17.9 Å². The summed E-state index contributed by atoms with van der Waals surface area (Å²) in [6.45, 7) is 2.54. The third-order valence-electron chi connectivity index (χ3n) is 3.19. The smallest absolute Gasteiger partial charge is 0.215 e. The molecule has 6 nitrogen and oxygen atoms in total. The lowest BCUT2D eigenvalue weighted by molar-refractivity contribution is 0.116. The van der Waals surface area contributed by atoms with E-state index in [9.17, 15) is 8.42 Å². The highest BCUT2D eigenvalue weighted by atomic mass is 32.2. The first kappa shape index (κ1) is 15.1. The number of rotatable bonds is 6. The third kappa shape index (κ3) is 4.36. The summed E-state index contributed by atoms with van der Waals surface area (Å²) in [5.41, 5.74) is 6.20. The molecule has 0 amide bonds. The minimum absolute atomic E-state index is 0.0837. The lowest BCUT2D eigenvalue weighted by Crippen LogP contribution is -2.41. The fourth-order valence-electron chi connectivity index (χ4n) is 2.05. The lowest BCUT2D eigenvalue weighted by Gasteiger charge is -2.16. The van der Waals surface area contributed by atoms with Gasteiger partial charge in [0.2, 0.25) is 10.0 Å². The Bertz CT molecular complexity index is 547. The van der Waals surface area contributed by atoms with Crippen LogP contribution in [0.1, 0.15) is 13.3 Å². The lowest BCUT2D eigenvalue weighted by atomic mass is 10.2. The highest BCUT2D eigenvalue weighted by molar-refractivity contribution is 7.89. The highest BCUT2D eigenvalue weighted by Gasteiger charge is 2.28. The van der Waals surface area contributed by atoms with E-state index < -0.39 is 10.0 Å². The zero-order chi connectivity index (χ0) is 14.6. The molecule has 0 spiro atoms. The van der Waals surface area contributed by atoms with Crippen LogP contribution in [0, 0.1) is 0 Å². The second-order valence-corrected chi connectivity index (χ2v) is 6.70. The first-order valence-electron chi connectivity index (χ1n) is 6.56. The molecule has 0 aliphatic carbocycles. The maximum absolute atomic E-state index is 11.9. The maximum Gasteiger partial charge on any atom is 0.215 e. The van der Waals surface area contributed by atoms with E-state index >= 15 is 0 Å². The largest absolute Gasteiger partial charge is 0.492 e. The van der Waals surface area contributed by atoms with Gasteiger partial charge in [-0.15, -0.1) is 0 Å². The molecule has 1 saturated heterocycles. The Morgan fingerprint density at radius 1 is 1.50 bits per heavy atom. The topological polar surface area (TPSA) is 90.6 Å². The van der Waals surface area contributed by atoms with Crippen LogP contribution in [0.2, 0.25) is 0 Å². The normalized spacial score (nSPS) is 22.9. The minimum atomic E-state index is -3.36. The summed E-state index contributed by atoms with van der Waals surface area (Å²) in [6, 6.07) is 6.75. The number of nitrogens with one attached hydrogen (secondary N) is 1. The maximum atomic E-state index is 11.9. The van der Waals surface area contributed by atoms with Gasteiger partial charge in [-0.1, -0.05) is 6.07 Å². The predicted octanol–water partition coefficient (Wildman–Crippen LogP) is 0.744. The van der Waals surface area contributed by atoms with Gasteiger partial charge in [0.05, 0.1) is 11.9 Å². The number of sulfonamides is 1. The van der Waals surface area contributed by atoms with Crippen molar-refractivity contribution in [1.82, 2.24) is 4.72 Å². The van der Waals surface area contributed by atoms with Crippen molar-refractivity contribution in [2.45, 2.75) is 25.5 Å². The van der Waals surface area contributed by atoms with Crippen LogP contribution in [0.3, 0.4) is 0 Å². The Morgan fingerprint density at radius 2 is 2.30 bits per heavy atom. The van der Waals surface area contributed by atoms with Crippen molar-refractivity contribution in [1.29, 1.82) is 0 Å². The van der Waals surface area contributed by atoms with Crippen LogP contribution >= 0.6 is 0 Å². The standard InChI is InChI=1S/C13H20N2O4S/c1-10-13(5-6-18-10)15-20(16,17)8-7-19-12-4-2-3-11(14)9-12/h2-4,9-10,13,15H,5-8,14H2,1H3. The van der Waals surface area contributed by atoms with Crippen LogP contribution in [-0.4, -0.2) is 39.5 Å². The van der Waals surface area contributed by atoms with E-state index in [1.807, 2.05) is 6.92 Å². The summed E-state index contributed by atoms with van der Waals surface area (Å²) < 4.78 is 37.2. The van der Waals surface area contributed by atoms with Gasteiger partial charge in [-0.05, 0) is 25.5 Å². The highest BCUT2D eigenvalue weighted by Crippen LogP contribution is 2.15. The van der Waals surface area contributed by atoms with E-state index in [1.54, 1.807) is 24.3 Å². The Balaban J connectivity index is 1.80. The first-order chi connectivity index (χ1) is 9.46. The Kier molecular flexibility index (Phi) is 4.85. The van der Waals surface area contributed by atoms with E-state index in [0.29, 0.717) is 24.5 Å². The molecule has 112 valence electrons. The first-order valence-corrected chi connectivity index (χ1v) is 8.21. The Morgan fingerprint density at radius 3 is 2.95 bits per heavy atom. The SMILES string of the molecule is CC1OCCC1NS(=O)(=O)CCOc1cccc(N)c1. The van der Waals surface area contributed by atoms with Crippen molar-refractivity contribution in [2.75, 3.05) is 24.7 Å². The Labute approximate surface area is 119 Å². The summed E-state index contributed by atoms with van der Waals surface area (Å²) in [4.78, 5) is 0. The van der Waals surface area contributed by atoms with Crippen LogP contribution < -0.4 is 15.2 Å². The zero-order valence-corrected chi connectivity index (χ0v) is 12.2. The molecule has 3 N–H and O–H groups in total. The molecule has 7 heteroatoms. The number of benzene rings is 1. The molecule has 0 bridgehead atoms. The molecule has 1 fully saturated rings. The second-order valence-electron chi connectivity index (χ2n) is 4.83. The van der Waals surface area contributed by atoms with Gasteiger partial charge in [-0.25, -0.2) is 13.1 Å². The molecular weight excluding hydrogens is 280 g/mol. The molecule has 1 aliphatic rings. The van der Waals surface area contributed by atoms with E-state index in [4.69, 9.17) is 15.2 Å². The molecule has 2 atom stereocenters. The fourth-order valence-corrected chi connectivity index (χ4v) is 3.24. The molecule has 1 aromatic carbocycles. The van der Waals surface area contributed by atoms with Crippen molar-refractivity contribution >= 4 is 15.7 Å². The van der Waals surface area contributed by atoms with Crippen LogP contribution in [0.5, 0.6) is 5.75 Å². The van der Waals surface area contributed by atoms with Gasteiger partial charge in [0.25, 0.3) is 0 Å². The molecule has 1 aromatic rings. The average Bonchev–Trinajstić information content (AvgIpc) is 2.74. The van der Waals surface area contributed by atoms with Gasteiger partial charge < -0.3 is 15.2 Å². The minimum Gasteiger partial charge on any atom is -0.492 e. The van der Waals surface area contributed by atoms with Gasteiger partial charge in [0.15, 0.2) is 0 Å². The third-order valence-corrected chi connectivity index (χ3v) is 4.55. The summed E-state index contributed by atoms with van der Waals surface area (Å²) in [7, 11) is -3.36. The predicted molar refractivity (Wildman–Crippen MR) is 77.1 cm³/mol. The average molecular weight is 300 g/mol. The fraction of sp³-hybridized carbons (Fsp3) is 0.538. The number of nitrogen functional groups attached to an aromatic ring is 1. The molecule has 1 aliphatic heterocycles. The van der Waals surface area contributed by atoms with Crippen LogP contribution in [0.15, 0.2) is 24.3 Å². The van der Waals surface area contributed by atoms with Crippen LogP contribution in [0.4, 0.5) is 5.69 Å². The van der Waals surface area contributed by atoms with Crippen LogP contribution in [0.25, 0.3) is 0 Å². The van der Waals surface area contributed by atoms with Gasteiger partial charge in [-0.2, -0.15) is 0 Å². The number of nitrogens with two attached hydrogens (primary N) is 1. The van der Waals surface area contributed by atoms with E-state index in [2.05, 4.69) is 4.72 Å². The molecular formula is C13H20N2O4S. The number of hydrogen-bond donors (Lipinski definition) is 2. The van der Waals surface area contributed by atoms with Gasteiger partial charge >= 0.3 is 0 Å². The summed E-state index contributed by atoms with van der Waals surface area (Å²) in [5, 5.41) is 0. The van der Waals surface area contributed by atoms with Gasteiger partial charge in [0, 0.05) is 24.4 Å². The molecule has 2 rings (SSSR count). The molecule has 1 heterocycles. The molecule has 20 heavy (non-hydrogen) atoms. The number of ether oxygens (including phenoxy) is 2. The van der Waals surface area contributed by atoms with E-state index in [1.165, 1.54) is 0 Å². The van der Waals surface area contributed by atoms with Gasteiger partial charge in [-0.3, -0.25) is 0 Å². The van der Waals surface area contributed by atoms with Crippen molar-refractivity contribution in [3.05, 3.63) is 24.3 Å². The van der Waals surface area contributed by atoms with Crippen molar-refractivity contribution in [2.24, 2.45) is 0 Å². The summed E-state index contributed by atoms with van der Waals surface area (Å²) >= 11 is 0. The Hall–Kier alpha value is -1.31. The van der Waals surface area contributed by atoms with E-state index in [-0.39, 0.29) is 24.5 Å². The molecule has 0 aromatic heterocycles. The summed E-state index contributed by atoms with van der Waals surface area (Å²) in [5.74, 6) is 0.475. The molecule has 2 unspecified atom stereocenters. The second kappa shape index (κ2) is 6.43. The van der Waals surface area contributed by atoms with Crippen molar-refractivity contribution in [3.8, 4) is 5.75 Å². The van der Waals surface area contributed by atoms with Crippen LogP contribution in [-0.2, 0) is 14.8 Å². The number of anilines is 1. The number of hydrogen-bond acceptors (Lipinski definition) is 5.